The highest BCUT2D eigenvalue weighted by atomic mass is 19.2. The molecule has 0 unspecified atom stereocenters. The first-order chi connectivity index (χ1) is 16.0. The molecule has 0 aliphatic carbocycles. The number of nitrogens with zero attached hydrogens (tertiary/aromatic N) is 2. The molecular formula is C25H25F2N5O. The van der Waals surface area contributed by atoms with Crippen LogP contribution in [0.2, 0.25) is 0 Å². The second-order valence-corrected chi connectivity index (χ2v) is 8.38. The highest BCUT2D eigenvalue weighted by Gasteiger charge is 2.30. The molecule has 3 aromatic rings. The van der Waals surface area contributed by atoms with Crippen LogP contribution >= 0.6 is 0 Å². The van der Waals surface area contributed by atoms with Gasteiger partial charge in [0.2, 0.25) is 0 Å². The zero-order valence-electron chi connectivity index (χ0n) is 18.3. The summed E-state index contributed by atoms with van der Waals surface area (Å²) in [5, 5.41) is 6.49. The number of anilines is 2. The number of halogens is 2. The van der Waals surface area contributed by atoms with Gasteiger partial charge in [-0.05, 0) is 55.3 Å². The van der Waals surface area contributed by atoms with E-state index >= 15 is 0 Å². The number of carbonyl (C=O) groups is 1. The summed E-state index contributed by atoms with van der Waals surface area (Å²) in [5.74, 6) is -1.83. The second-order valence-electron chi connectivity index (χ2n) is 8.38. The lowest BCUT2D eigenvalue weighted by molar-refractivity contribution is -0.110. The number of likely N-dealkylation sites (tertiary alicyclic amines) is 1. The van der Waals surface area contributed by atoms with Crippen LogP contribution < -0.4 is 10.6 Å². The molecule has 0 spiro atoms. The fourth-order valence-corrected chi connectivity index (χ4v) is 4.59. The van der Waals surface area contributed by atoms with Gasteiger partial charge in [-0.2, -0.15) is 0 Å². The van der Waals surface area contributed by atoms with Crippen LogP contribution in [0.1, 0.15) is 36.7 Å². The third-order valence-corrected chi connectivity index (χ3v) is 6.36. The lowest BCUT2D eigenvalue weighted by Gasteiger charge is -2.32. The van der Waals surface area contributed by atoms with Gasteiger partial charge in [-0.1, -0.05) is 13.0 Å². The Balaban J connectivity index is 1.56. The van der Waals surface area contributed by atoms with Crippen molar-refractivity contribution < 1.29 is 13.6 Å². The van der Waals surface area contributed by atoms with Crippen LogP contribution in [0.3, 0.4) is 0 Å². The molecule has 0 bridgehead atoms. The van der Waals surface area contributed by atoms with Crippen LogP contribution in [0.25, 0.3) is 11.1 Å². The number of aromatic nitrogens is 2. The van der Waals surface area contributed by atoms with E-state index in [0.29, 0.717) is 39.8 Å². The normalized spacial score (nSPS) is 18.2. The molecule has 2 aliphatic heterocycles. The van der Waals surface area contributed by atoms with Gasteiger partial charge in [0, 0.05) is 54.0 Å². The van der Waals surface area contributed by atoms with Gasteiger partial charge >= 0.3 is 0 Å². The van der Waals surface area contributed by atoms with E-state index in [1.54, 1.807) is 12.4 Å². The molecule has 33 heavy (non-hydrogen) atoms. The molecule has 0 atom stereocenters. The number of aromatic amines is 1. The minimum absolute atomic E-state index is 0.311. The van der Waals surface area contributed by atoms with Crippen LogP contribution in [-0.2, 0) is 4.79 Å². The molecular weight excluding hydrogens is 424 g/mol. The molecule has 2 aromatic carbocycles. The maximum absolute atomic E-state index is 14.1. The number of hydrogen-bond acceptors (Lipinski definition) is 4. The van der Waals surface area contributed by atoms with Gasteiger partial charge in [0.1, 0.15) is 5.82 Å². The monoisotopic (exact) mass is 449 g/mol. The van der Waals surface area contributed by atoms with Gasteiger partial charge in [0.15, 0.2) is 11.6 Å². The number of benzene rings is 2. The topological polar surface area (TPSA) is 73.0 Å². The molecule has 8 heteroatoms. The number of rotatable bonds is 5. The summed E-state index contributed by atoms with van der Waals surface area (Å²) in [7, 11) is 0. The average molecular weight is 450 g/mol. The van der Waals surface area contributed by atoms with Gasteiger partial charge in [-0.3, -0.25) is 4.79 Å². The number of fused-ring (bicyclic) bond motifs is 1. The van der Waals surface area contributed by atoms with E-state index in [4.69, 9.17) is 0 Å². The molecule has 1 amide bonds. The summed E-state index contributed by atoms with van der Waals surface area (Å²) in [6, 6.07) is 9.74. The van der Waals surface area contributed by atoms with E-state index in [2.05, 4.69) is 32.4 Å². The standard InChI is InChI=1S/C25H25F2N5O/c1-2-32-11-7-16(8-12-32)30-17-4-6-21-18(14-17)23(25(33)31-21)22(24-28-9-10-29-24)15-3-5-19(26)20(27)13-15/h3-6,9-10,13-14,16,30H,2,7-8,11-12H2,1H3,(H,28,29)(H,31,33). The van der Waals surface area contributed by atoms with Crippen molar-refractivity contribution >= 4 is 28.4 Å². The molecule has 6 nitrogen and oxygen atoms in total. The van der Waals surface area contributed by atoms with Crippen LogP contribution in [0.4, 0.5) is 20.2 Å². The third kappa shape index (κ3) is 4.14. The Labute approximate surface area is 190 Å². The number of hydrogen-bond donors (Lipinski definition) is 3. The number of amides is 1. The van der Waals surface area contributed by atoms with Crippen molar-refractivity contribution in [2.45, 2.75) is 25.8 Å². The highest BCUT2D eigenvalue weighted by molar-refractivity contribution is 6.38. The fourth-order valence-electron chi connectivity index (χ4n) is 4.59. The van der Waals surface area contributed by atoms with Crippen molar-refractivity contribution in [3.05, 3.63) is 77.4 Å². The molecule has 170 valence electrons. The van der Waals surface area contributed by atoms with Crippen LogP contribution in [0, 0.1) is 11.6 Å². The van der Waals surface area contributed by atoms with Crippen molar-refractivity contribution in [1.82, 2.24) is 14.9 Å². The maximum Gasteiger partial charge on any atom is 0.257 e. The Morgan fingerprint density at radius 3 is 2.67 bits per heavy atom. The third-order valence-electron chi connectivity index (χ3n) is 6.36. The van der Waals surface area contributed by atoms with Gasteiger partial charge in [-0.25, -0.2) is 13.8 Å². The van der Waals surface area contributed by atoms with Crippen LogP contribution in [-0.4, -0.2) is 46.5 Å². The maximum atomic E-state index is 14.1. The first-order valence-electron chi connectivity index (χ1n) is 11.2. The second kappa shape index (κ2) is 8.78. The molecule has 2 aliphatic rings. The van der Waals surface area contributed by atoms with Crippen molar-refractivity contribution in [1.29, 1.82) is 0 Å². The Morgan fingerprint density at radius 2 is 1.97 bits per heavy atom. The summed E-state index contributed by atoms with van der Waals surface area (Å²) in [6.45, 7) is 5.36. The molecule has 1 saturated heterocycles. The minimum Gasteiger partial charge on any atom is -0.382 e. The molecule has 3 heterocycles. The summed E-state index contributed by atoms with van der Waals surface area (Å²) in [6.07, 6.45) is 5.29. The summed E-state index contributed by atoms with van der Waals surface area (Å²) in [5.41, 5.74) is 3.45. The summed E-state index contributed by atoms with van der Waals surface area (Å²) in [4.78, 5) is 22.8. The Hall–Kier alpha value is -3.52. The van der Waals surface area contributed by atoms with Crippen LogP contribution in [0.5, 0.6) is 0 Å². The van der Waals surface area contributed by atoms with Gasteiger partial charge < -0.3 is 20.5 Å². The smallest absolute Gasteiger partial charge is 0.257 e. The van der Waals surface area contributed by atoms with Crippen molar-refractivity contribution in [3.8, 4) is 0 Å². The number of nitrogens with one attached hydrogen (secondary N) is 3. The number of imidazole rings is 1. The van der Waals surface area contributed by atoms with Crippen LogP contribution in [0.15, 0.2) is 48.8 Å². The number of piperidine rings is 1. The molecule has 5 rings (SSSR count). The van der Waals surface area contributed by atoms with E-state index in [9.17, 15) is 13.6 Å². The van der Waals surface area contributed by atoms with E-state index in [-0.39, 0.29) is 5.91 Å². The fraction of sp³-hybridized carbons (Fsp3) is 0.280. The summed E-state index contributed by atoms with van der Waals surface area (Å²) >= 11 is 0. The summed E-state index contributed by atoms with van der Waals surface area (Å²) < 4.78 is 27.7. The molecule has 0 saturated carbocycles. The van der Waals surface area contributed by atoms with Gasteiger partial charge in [0.25, 0.3) is 5.91 Å². The predicted octanol–water partition coefficient (Wildman–Crippen LogP) is 4.50. The zero-order valence-corrected chi connectivity index (χ0v) is 18.3. The predicted molar refractivity (Wildman–Crippen MR) is 125 cm³/mol. The Morgan fingerprint density at radius 1 is 1.15 bits per heavy atom. The molecule has 1 fully saturated rings. The molecule has 1 aromatic heterocycles. The highest BCUT2D eigenvalue weighted by Crippen LogP contribution is 2.40. The van der Waals surface area contributed by atoms with Crippen molar-refractivity contribution in [3.63, 3.8) is 0 Å². The average Bonchev–Trinajstić information content (AvgIpc) is 3.45. The molecule has 3 N–H and O–H groups in total. The quantitative estimate of drug-likeness (QED) is 0.502. The number of carbonyl (C=O) groups excluding carboxylic acids is 1. The minimum atomic E-state index is -0.982. The SMILES string of the molecule is CCN1CCC(Nc2ccc3c(c2)C(=C(c2ccc(F)c(F)c2)c2ncc[nH]2)C(=O)N3)CC1. The van der Waals surface area contributed by atoms with E-state index in [1.807, 2.05) is 18.2 Å². The Bertz CT molecular complexity index is 1210. The zero-order chi connectivity index (χ0) is 22.9. The van der Waals surface area contributed by atoms with Crippen molar-refractivity contribution in [2.75, 3.05) is 30.3 Å². The Kier molecular flexibility index (Phi) is 5.68. The van der Waals surface area contributed by atoms with Gasteiger partial charge in [0.05, 0.1) is 5.57 Å². The van der Waals surface area contributed by atoms with E-state index in [1.165, 1.54) is 6.07 Å². The van der Waals surface area contributed by atoms with Gasteiger partial charge in [-0.15, -0.1) is 0 Å². The first kappa shape index (κ1) is 21.3. The largest absolute Gasteiger partial charge is 0.382 e. The van der Waals surface area contributed by atoms with E-state index < -0.39 is 11.6 Å². The van der Waals surface area contributed by atoms with Crippen molar-refractivity contribution in [2.24, 2.45) is 0 Å². The number of H-pyrrole nitrogens is 1. The lowest BCUT2D eigenvalue weighted by Crippen LogP contribution is -2.38. The first-order valence-corrected chi connectivity index (χ1v) is 11.2. The lowest BCUT2D eigenvalue weighted by atomic mass is 9.94. The van der Waals surface area contributed by atoms with E-state index in [0.717, 1.165) is 50.3 Å². The molecule has 0 radical (unpaired) electrons.